The molecular formula is C2H5NO. The Labute approximate surface area is 24.9 Å². The Kier molecular flexibility index (Phi) is 2.14. The molecule has 0 aliphatic heterocycles. The quantitative estimate of drug-likeness (QED) is 0.215. The van der Waals surface area contributed by atoms with Gasteiger partial charge in [-0.25, -0.2) is 0 Å². The van der Waals surface area contributed by atoms with Gasteiger partial charge < -0.3 is 10.2 Å². The fourth-order valence-corrected chi connectivity index (χ4v) is 0. The Morgan fingerprint density at radius 1 is 2.00 bits per heavy atom. The van der Waals surface area contributed by atoms with Crippen molar-refractivity contribution >= 4 is 6.41 Å². The van der Waals surface area contributed by atoms with Crippen molar-refractivity contribution in [1.82, 2.24) is 0 Å². The maximum atomic E-state index is 4.56. The molecule has 0 aromatic heterocycles. The van der Waals surface area contributed by atoms with Crippen LogP contribution in [0.3, 0.4) is 0 Å². The molecule has 0 fully saturated rings. The van der Waals surface area contributed by atoms with Crippen LogP contribution in [0.25, 0.3) is 0 Å². The summed E-state index contributed by atoms with van der Waals surface area (Å²) >= 11 is 0. The van der Waals surface area contributed by atoms with E-state index >= 15 is 0 Å². The second-order valence-electron chi connectivity index (χ2n) is 0.322. The maximum Gasteiger partial charge on any atom is 0.211 e. The van der Waals surface area contributed by atoms with Gasteiger partial charge in [0.25, 0.3) is 0 Å². The van der Waals surface area contributed by atoms with E-state index in [0.29, 0.717) is 0 Å². The van der Waals surface area contributed by atoms with Crippen molar-refractivity contribution in [3.05, 3.63) is 0 Å². The van der Waals surface area contributed by atoms with Crippen molar-refractivity contribution in [3.8, 4) is 0 Å². The van der Waals surface area contributed by atoms with Crippen molar-refractivity contribution < 1.29 is 4.42 Å². The van der Waals surface area contributed by atoms with Crippen LogP contribution in [-0.4, -0.2) is 13.5 Å². The molecule has 0 aliphatic rings. The highest BCUT2D eigenvalue weighted by Crippen LogP contribution is 1.15. The van der Waals surface area contributed by atoms with Crippen molar-refractivity contribution in [2.24, 2.45) is 5.73 Å². The molecule has 1 amide bonds. The van der Waals surface area contributed by atoms with Gasteiger partial charge in [-0.3, -0.25) is 0 Å². The number of hydrogen-bond donors (Lipinski definition) is 1. The first kappa shape index (κ1) is 3.47. The number of hydrogen-bond acceptors (Lipinski definition) is 0. The minimum Gasteiger partial charge on any atom is -0.495 e. The molecule has 0 radical (unpaired) electrons. The van der Waals surface area contributed by atoms with Gasteiger partial charge in [-0.15, -0.1) is 0 Å². The third-order valence-electron chi connectivity index (χ3n) is 0.118. The molecule has 2 nitrogen and oxygen atoms in total. The molecule has 0 atom stereocenters. The summed E-state index contributed by atoms with van der Waals surface area (Å²) in [6.07, 6.45) is 1.93. The number of rotatable bonds is 0. The standard InChI is InChI=1S/C2H5NO/c1-4-2-3/h3H2,1H3. The van der Waals surface area contributed by atoms with E-state index in [1.54, 1.807) is 0 Å². The number of amides is 1. The molecule has 0 heterocycles. The number of carbonyl (C=O) groups excluding carboxylic acids is 1. The van der Waals surface area contributed by atoms with Gasteiger partial charge in [0.2, 0.25) is 7.11 Å². The molecule has 0 aliphatic carbocycles. The first-order chi connectivity index (χ1) is 1.91. The fourth-order valence-electron chi connectivity index (χ4n) is 0. The largest absolute Gasteiger partial charge is 0.495 e. The molecule has 0 bridgehead atoms. The maximum absolute atomic E-state index is 4.56. The lowest BCUT2D eigenvalue weighted by Crippen LogP contribution is -1.88. The topological polar surface area (TPSA) is 37.3 Å². The molecule has 24 valence electrons. The number of primary amides is 1. The Hall–Kier alpha value is -0.530. The summed E-state index contributed by atoms with van der Waals surface area (Å²) in [5.74, 6) is 0. The van der Waals surface area contributed by atoms with Gasteiger partial charge in [0.05, 0.1) is 6.41 Å². The van der Waals surface area contributed by atoms with Crippen LogP contribution in [0.1, 0.15) is 0 Å². The van der Waals surface area contributed by atoms with E-state index in [9.17, 15) is 0 Å². The first-order valence-electron chi connectivity index (χ1n) is 0.901. The van der Waals surface area contributed by atoms with Crippen LogP contribution in [0, 0.1) is 0 Å². The molecule has 0 rings (SSSR count). The van der Waals surface area contributed by atoms with Crippen molar-refractivity contribution in [2.75, 3.05) is 7.11 Å². The normalized spacial score (nSPS) is 9.25. The average Bonchev–Trinajstić information content (AvgIpc) is 1.37. The van der Waals surface area contributed by atoms with Gasteiger partial charge in [-0.1, -0.05) is 0 Å². The van der Waals surface area contributed by atoms with E-state index in [1.165, 1.54) is 7.11 Å². The average molecular weight is 59.1 g/mol. The second kappa shape index (κ2) is 2.47. The smallest absolute Gasteiger partial charge is 0.211 e. The van der Waals surface area contributed by atoms with E-state index in [0.717, 1.165) is 0 Å². The van der Waals surface area contributed by atoms with Crippen molar-refractivity contribution in [1.29, 1.82) is 0 Å². The molecule has 0 aromatic carbocycles. The minimum absolute atomic E-state index is 1.44. The summed E-state index contributed by atoms with van der Waals surface area (Å²) in [4.78, 5) is 0. The predicted molar refractivity (Wildman–Crippen MR) is 15.8 cm³/mol. The Morgan fingerprint density at radius 3 is 2.25 bits per heavy atom. The second-order valence-corrected chi connectivity index (χ2v) is 0.322. The van der Waals surface area contributed by atoms with Gasteiger partial charge in [0.1, 0.15) is 0 Å². The van der Waals surface area contributed by atoms with E-state index in [4.69, 9.17) is 0 Å². The molecule has 2 N–H and O–H groups in total. The zero-order valence-corrected chi connectivity index (χ0v) is 2.49. The minimum atomic E-state index is 1.44. The van der Waals surface area contributed by atoms with E-state index < -0.39 is 0 Å². The summed E-state index contributed by atoms with van der Waals surface area (Å²) < 4.78 is 4.07. The van der Waals surface area contributed by atoms with Crippen LogP contribution in [-0.2, 0) is 4.42 Å². The van der Waals surface area contributed by atoms with Crippen molar-refractivity contribution in [2.45, 2.75) is 0 Å². The van der Waals surface area contributed by atoms with Gasteiger partial charge >= 0.3 is 0 Å². The fraction of sp³-hybridized carbons (Fsp3) is 0.500. The van der Waals surface area contributed by atoms with Gasteiger partial charge in [-0.2, -0.15) is 0 Å². The molecule has 2 heteroatoms. The molecule has 4 heavy (non-hydrogen) atoms. The third kappa shape index (κ3) is 1.47. The molecular weight excluding hydrogens is 54.0 g/mol. The summed E-state index contributed by atoms with van der Waals surface area (Å²) in [5.41, 5.74) is 4.56. The highest BCUT2D eigenvalue weighted by molar-refractivity contribution is 5.44. The van der Waals surface area contributed by atoms with Crippen LogP contribution in [0.2, 0.25) is 0 Å². The highest BCUT2D eigenvalue weighted by Gasteiger charge is 1.28. The molecule has 0 aromatic rings. The van der Waals surface area contributed by atoms with E-state index in [-0.39, 0.29) is 0 Å². The summed E-state index contributed by atoms with van der Waals surface area (Å²) in [6.45, 7) is 0. The first-order valence-corrected chi connectivity index (χ1v) is 0.901. The highest BCUT2D eigenvalue weighted by atomic mass is 16.4. The SMILES string of the molecule is C[O+]=[C-]N. The summed E-state index contributed by atoms with van der Waals surface area (Å²) in [6, 6.07) is 0. The predicted octanol–water partition coefficient (Wildman–Crippen LogP) is -0.822. The summed E-state index contributed by atoms with van der Waals surface area (Å²) in [5, 5.41) is 0. The lowest BCUT2D eigenvalue weighted by molar-refractivity contribution is 0.183. The number of nitrogens with two attached hydrogens (primary N) is 1. The zero-order valence-electron chi connectivity index (χ0n) is 2.49. The summed E-state index contributed by atoms with van der Waals surface area (Å²) in [7, 11) is 1.44. The van der Waals surface area contributed by atoms with Crippen LogP contribution < -0.4 is 5.73 Å². The van der Waals surface area contributed by atoms with E-state index in [2.05, 4.69) is 10.2 Å². The molecule has 0 saturated carbocycles. The zero-order chi connectivity index (χ0) is 3.41. The molecule has 0 unspecified atom stereocenters. The van der Waals surface area contributed by atoms with Gasteiger partial charge in [0.15, 0.2) is 0 Å². The third-order valence-corrected chi connectivity index (χ3v) is 0.118. The van der Waals surface area contributed by atoms with E-state index in [1.807, 2.05) is 6.41 Å². The monoisotopic (exact) mass is 59.0 g/mol. The Balaban J connectivity index is 2.55. The Bertz CT molecular complexity index is 21.2. The lowest BCUT2D eigenvalue weighted by Gasteiger charge is -1.61. The molecule has 0 saturated heterocycles. The van der Waals surface area contributed by atoms with Crippen LogP contribution in [0.5, 0.6) is 0 Å². The Morgan fingerprint density at radius 2 is 2.25 bits per heavy atom. The van der Waals surface area contributed by atoms with Gasteiger partial charge in [0, 0.05) is 0 Å². The van der Waals surface area contributed by atoms with Crippen LogP contribution in [0.4, 0.5) is 0 Å². The van der Waals surface area contributed by atoms with Crippen LogP contribution in [0.15, 0.2) is 0 Å². The van der Waals surface area contributed by atoms with Crippen molar-refractivity contribution in [3.63, 3.8) is 0 Å². The van der Waals surface area contributed by atoms with Crippen LogP contribution >= 0.6 is 0 Å². The van der Waals surface area contributed by atoms with Gasteiger partial charge in [-0.05, 0) is 0 Å². The lowest BCUT2D eigenvalue weighted by atomic mass is 11.4. The molecule has 0 spiro atoms.